The van der Waals surface area contributed by atoms with Crippen molar-refractivity contribution in [3.8, 4) is 0 Å². The van der Waals surface area contributed by atoms with Gasteiger partial charge in [0.15, 0.2) is 0 Å². The van der Waals surface area contributed by atoms with Gasteiger partial charge in [-0.25, -0.2) is 0 Å². The van der Waals surface area contributed by atoms with Crippen molar-refractivity contribution in [2.75, 3.05) is 0 Å². The zero-order valence-corrected chi connectivity index (χ0v) is 13.2. The Labute approximate surface area is 122 Å². The first kappa shape index (κ1) is 14.3. The molecule has 1 aromatic heterocycles. The Bertz CT molecular complexity index is 558. The number of nitrogens with two attached hydrogens (primary N) is 1. The van der Waals surface area contributed by atoms with Gasteiger partial charge < -0.3 is 5.73 Å². The van der Waals surface area contributed by atoms with E-state index in [1.54, 1.807) is 0 Å². The number of benzene rings is 1. The third-order valence-corrected chi connectivity index (χ3v) is 4.07. The molecular weight excluding hydrogens is 302 g/mol. The van der Waals surface area contributed by atoms with Gasteiger partial charge in [-0.15, -0.1) is 0 Å². The maximum Gasteiger partial charge on any atom is 0.0628 e. The molecule has 0 fully saturated rings. The van der Waals surface area contributed by atoms with Crippen LogP contribution < -0.4 is 5.73 Å². The van der Waals surface area contributed by atoms with E-state index in [2.05, 4.69) is 59.1 Å². The van der Waals surface area contributed by atoms with Gasteiger partial charge in [0.05, 0.1) is 5.69 Å². The number of hydrogen-bond acceptors (Lipinski definition) is 2. The van der Waals surface area contributed by atoms with Crippen LogP contribution in [0.5, 0.6) is 0 Å². The predicted molar refractivity (Wildman–Crippen MR) is 82.2 cm³/mol. The van der Waals surface area contributed by atoms with Gasteiger partial charge in [-0.05, 0) is 49.9 Å². The number of hydrogen-bond donors (Lipinski definition) is 1. The van der Waals surface area contributed by atoms with E-state index >= 15 is 0 Å². The van der Waals surface area contributed by atoms with Gasteiger partial charge in [-0.1, -0.05) is 28.1 Å². The molecule has 0 saturated carbocycles. The van der Waals surface area contributed by atoms with Gasteiger partial charge in [-0.3, -0.25) is 4.68 Å². The van der Waals surface area contributed by atoms with Crippen LogP contribution in [0.15, 0.2) is 28.7 Å². The zero-order valence-electron chi connectivity index (χ0n) is 11.7. The second kappa shape index (κ2) is 5.88. The summed E-state index contributed by atoms with van der Waals surface area (Å²) in [6.07, 6.45) is 1.77. The Morgan fingerprint density at radius 1 is 1.21 bits per heavy atom. The molecule has 4 heteroatoms. The lowest BCUT2D eigenvalue weighted by molar-refractivity contribution is 0.658. The second-order valence-corrected chi connectivity index (χ2v) is 5.98. The van der Waals surface area contributed by atoms with Crippen molar-refractivity contribution >= 4 is 15.9 Å². The minimum atomic E-state index is 0.128. The Morgan fingerprint density at radius 3 is 2.37 bits per heavy atom. The molecule has 2 rings (SSSR count). The number of aryl methyl sites for hydroxylation is 2. The summed E-state index contributed by atoms with van der Waals surface area (Å²) >= 11 is 3.44. The molecule has 1 unspecified atom stereocenters. The van der Waals surface area contributed by atoms with Crippen LogP contribution in [0.4, 0.5) is 0 Å². The fourth-order valence-electron chi connectivity index (χ4n) is 2.37. The number of nitrogens with zero attached hydrogens (tertiary/aromatic N) is 2. The monoisotopic (exact) mass is 321 g/mol. The van der Waals surface area contributed by atoms with Crippen LogP contribution >= 0.6 is 15.9 Å². The molecule has 3 nitrogen and oxygen atoms in total. The van der Waals surface area contributed by atoms with E-state index in [0.29, 0.717) is 0 Å². The van der Waals surface area contributed by atoms with E-state index in [1.807, 2.05) is 11.7 Å². The minimum Gasteiger partial charge on any atom is -0.327 e. The number of aromatic nitrogens is 2. The summed E-state index contributed by atoms with van der Waals surface area (Å²) in [6, 6.07) is 8.48. The molecule has 1 heterocycles. The molecule has 0 aliphatic rings. The number of halogens is 1. The van der Waals surface area contributed by atoms with E-state index in [9.17, 15) is 0 Å². The fraction of sp³-hybridized carbons (Fsp3) is 0.400. The third-order valence-electron chi connectivity index (χ3n) is 3.54. The van der Waals surface area contributed by atoms with Crippen molar-refractivity contribution in [1.29, 1.82) is 0 Å². The Morgan fingerprint density at radius 2 is 1.84 bits per heavy atom. The van der Waals surface area contributed by atoms with Gasteiger partial charge in [0.1, 0.15) is 0 Å². The van der Waals surface area contributed by atoms with E-state index in [0.717, 1.165) is 23.0 Å². The summed E-state index contributed by atoms with van der Waals surface area (Å²) in [7, 11) is 1.98. The molecule has 0 saturated heterocycles. The van der Waals surface area contributed by atoms with Crippen LogP contribution in [0.1, 0.15) is 22.5 Å². The lowest BCUT2D eigenvalue weighted by Gasteiger charge is -2.12. The summed E-state index contributed by atoms with van der Waals surface area (Å²) in [5.74, 6) is 0. The van der Waals surface area contributed by atoms with Gasteiger partial charge in [0.2, 0.25) is 0 Å². The quantitative estimate of drug-likeness (QED) is 0.941. The molecule has 0 spiro atoms. The van der Waals surface area contributed by atoms with Crippen LogP contribution in [0, 0.1) is 13.8 Å². The summed E-state index contributed by atoms with van der Waals surface area (Å²) < 4.78 is 3.03. The van der Waals surface area contributed by atoms with E-state index in [-0.39, 0.29) is 6.04 Å². The molecule has 102 valence electrons. The van der Waals surface area contributed by atoms with Crippen molar-refractivity contribution in [1.82, 2.24) is 9.78 Å². The average molecular weight is 322 g/mol. The smallest absolute Gasteiger partial charge is 0.0628 e. The first-order chi connectivity index (χ1) is 8.97. The molecule has 1 atom stereocenters. The van der Waals surface area contributed by atoms with Crippen LogP contribution in [-0.2, 0) is 19.9 Å². The molecule has 0 aliphatic heterocycles. The zero-order chi connectivity index (χ0) is 14.0. The first-order valence-electron chi connectivity index (χ1n) is 6.46. The molecule has 0 radical (unpaired) electrons. The SMILES string of the molecule is Cc1nn(C)c(C)c1CC(N)Cc1ccc(Br)cc1. The largest absolute Gasteiger partial charge is 0.327 e. The highest BCUT2D eigenvalue weighted by Crippen LogP contribution is 2.16. The number of rotatable bonds is 4. The highest BCUT2D eigenvalue weighted by Gasteiger charge is 2.13. The highest BCUT2D eigenvalue weighted by molar-refractivity contribution is 9.10. The van der Waals surface area contributed by atoms with E-state index in [4.69, 9.17) is 5.73 Å². The van der Waals surface area contributed by atoms with Gasteiger partial charge in [0.25, 0.3) is 0 Å². The maximum atomic E-state index is 6.27. The van der Waals surface area contributed by atoms with Crippen LogP contribution in [0.2, 0.25) is 0 Å². The third kappa shape index (κ3) is 3.45. The maximum absolute atomic E-state index is 6.27. The summed E-state index contributed by atoms with van der Waals surface area (Å²) in [4.78, 5) is 0. The van der Waals surface area contributed by atoms with Gasteiger partial charge >= 0.3 is 0 Å². The van der Waals surface area contributed by atoms with E-state index in [1.165, 1.54) is 16.8 Å². The van der Waals surface area contributed by atoms with Crippen molar-refractivity contribution in [2.45, 2.75) is 32.7 Å². The van der Waals surface area contributed by atoms with Crippen LogP contribution in [0.25, 0.3) is 0 Å². The predicted octanol–water partition coefficient (Wildman–Crippen LogP) is 2.91. The molecule has 0 bridgehead atoms. The van der Waals surface area contributed by atoms with Crippen molar-refractivity contribution in [3.63, 3.8) is 0 Å². The fourth-order valence-corrected chi connectivity index (χ4v) is 2.63. The summed E-state index contributed by atoms with van der Waals surface area (Å²) in [5, 5.41) is 4.44. The Kier molecular flexibility index (Phi) is 4.42. The standard InChI is InChI=1S/C15H20BrN3/c1-10-15(11(2)19(3)18-10)9-14(17)8-12-4-6-13(16)7-5-12/h4-7,14H,8-9,17H2,1-3H3. The molecular formula is C15H20BrN3. The lowest BCUT2D eigenvalue weighted by atomic mass is 9.99. The van der Waals surface area contributed by atoms with Crippen molar-refractivity contribution in [2.24, 2.45) is 12.8 Å². The minimum absolute atomic E-state index is 0.128. The molecule has 0 amide bonds. The van der Waals surface area contributed by atoms with Gasteiger partial charge in [-0.2, -0.15) is 5.10 Å². The van der Waals surface area contributed by atoms with Crippen LogP contribution in [0.3, 0.4) is 0 Å². The Hall–Kier alpha value is -1.13. The highest BCUT2D eigenvalue weighted by atomic mass is 79.9. The van der Waals surface area contributed by atoms with Gasteiger partial charge in [0, 0.05) is 23.3 Å². The summed E-state index contributed by atoms with van der Waals surface area (Å²) in [5.41, 5.74) is 11.1. The topological polar surface area (TPSA) is 43.8 Å². The van der Waals surface area contributed by atoms with Crippen molar-refractivity contribution in [3.05, 3.63) is 51.3 Å². The molecule has 0 aliphatic carbocycles. The normalized spacial score (nSPS) is 12.7. The Balaban J connectivity index is 2.05. The molecule has 19 heavy (non-hydrogen) atoms. The average Bonchev–Trinajstić information content (AvgIpc) is 2.59. The molecule has 2 N–H and O–H groups in total. The van der Waals surface area contributed by atoms with Crippen molar-refractivity contribution < 1.29 is 0 Å². The summed E-state index contributed by atoms with van der Waals surface area (Å²) in [6.45, 7) is 4.15. The van der Waals surface area contributed by atoms with E-state index < -0.39 is 0 Å². The molecule has 1 aromatic carbocycles. The second-order valence-electron chi connectivity index (χ2n) is 5.07. The lowest BCUT2D eigenvalue weighted by Crippen LogP contribution is -2.26. The van der Waals surface area contributed by atoms with Crippen LogP contribution in [-0.4, -0.2) is 15.8 Å². The first-order valence-corrected chi connectivity index (χ1v) is 7.25. The molecule has 2 aromatic rings.